The first-order valence-electron chi connectivity index (χ1n) is 7.33. The SMILES string of the molecule is Cc1cc(C)c(C)c(OCc2csc(CNC(C)C)n2)c1. The number of nitrogens with zero attached hydrogens (tertiary/aromatic N) is 1. The van der Waals surface area contributed by atoms with Crippen LogP contribution in [-0.4, -0.2) is 11.0 Å². The first-order chi connectivity index (χ1) is 9.95. The summed E-state index contributed by atoms with van der Waals surface area (Å²) >= 11 is 1.68. The minimum Gasteiger partial charge on any atom is -0.487 e. The number of nitrogens with one attached hydrogen (secondary N) is 1. The summed E-state index contributed by atoms with van der Waals surface area (Å²) in [5.41, 5.74) is 4.70. The van der Waals surface area contributed by atoms with Crippen molar-refractivity contribution in [2.45, 2.75) is 53.8 Å². The van der Waals surface area contributed by atoms with E-state index in [1.54, 1.807) is 11.3 Å². The molecular weight excluding hydrogens is 280 g/mol. The third-order valence-corrected chi connectivity index (χ3v) is 4.30. The number of aromatic nitrogens is 1. The van der Waals surface area contributed by atoms with Crippen LogP contribution in [0, 0.1) is 20.8 Å². The lowest BCUT2D eigenvalue weighted by Gasteiger charge is -2.11. The maximum absolute atomic E-state index is 5.95. The molecule has 0 saturated carbocycles. The number of hydrogen-bond acceptors (Lipinski definition) is 4. The largest absolute Gasteiger partial charge is 0.487 e. The van der Waals surface area contributed by atoms with Crippen molar-refractivity contribution < 1.29 is 4.74 Å². The molecule has 0 atom stereocenters. The van der Waals surface area contributed by atoms with E-state index in [0.717, 1.165) is 23.0 Å². The molecule has 1 heterocycles. The summed E-state index contributed by atoms with van der Waals surface area (Å²) in [5.74, 6) is 0.961. The molecular formula is C17H24N2OS. The molecule has 21 heavy (non-hydrogen) atoms. The monoisotopic (exact) mass is 304 g/mol. The van der Waals surface area contributed by atoms with Gasteiger partial charge in [0, 0.05) is 18.0 Å². The van der Waals surface area contributed by atoms with Crippen LogP contribution in [0.1, 0.15) is 41.2 Å². The molecule has 0 aliphatic rings. The highest BCUT2D eigenvalue weighted by Gasteiger charge is 2.07. The molecule has 1 N–H and O–H groups in total. The zero-order valence-electron chi connectivity index (χ0n) is 13.5. The first-order valence-corrected chi connectivity index (χ1v) is 8.21. The fraction of sp³-hybridized carbons (Fsp3) is 0.471. The van der Waals surface area contributed by atoms with Crippen LogP contribution in [0.5, 0.6) is 5.75 Å². The second-order valence-corrected chi connectivity index (χ2v) is 6.70. The Labute approximate surface area is 131 Å². The molecule has 0 aliphatic carbocycles. The smallest absolute Gasteiger partial charge is 0.131 e. The molecule has 0 aliphatic heterocycles. The molecule has 2 rings (SSSR count). The minimum absolute atomic E-state index is 0.478. The molecule has 4 heteroatoms. The van der Waals surface area contributed by atoms with Gasteiger partial charge in [-0.2, -0.15) is 0 Å². The number of aryl methyl sites for hydroxylation is 2. The number of benzene rings is 1. The van der Waals surface area contributed by atoms with Crippen molar-refractivity contribution in [2.75, 3.05) is 0 Å². The predicted molar refractivity (Wildman–Crippen MR) is 89.1 cm³/mol. The Morgan fingerprint density at radius 3 is 2.71 bits per heavy atom. The van der Waals surface area contributed by atoms with Gasteiger partial charge in [-0.1, -0.05) is 19.9 Å². The molecule has 0 spiro atoms. The Hall–Kier alpha value is -1.39. The third kappa shape index (κ3) is 4.55. The molecule has 0 bridgehead atoms. The predicted octanol–water partition coefficient (Wildman–Crippen LogP) is 4.15. The Morgan fingerprint density at radius 1 is 1.24 bits per heavy atom. The average Bonchev–Trinajstić information content (AvgIpc) is 2.87. The van der Waals surface area contributed by atoms with E-state index in [4.69, 9.17) is 4.74 Å². The van der Waals surface area contributed by atoms with Crippen LogP contribution in [0.3, 0.4) is 0 Å². The van der Waals surface area contributed by atoms with E-state index in [-0.39, 0.29) is 0 Å². The summed E-state index contributed by atoms with van der Waals surface area (Å²) in [4.78, 5) is 4.60. The van der Waals surface area contributed by atoms with Crippen molar-refractivity contribution in [1.82, 2.24) is 10.3 Å². The van der Waals surface area contributed by atoms with E-state index in [2.05, 4.69) is 62.4 Å². The molecule has 1 aromatic heterocycles. The van der Waals surface area contributed by atoms with Crippen molar-refractivity contribution in [3.05, 3.63) is 44.9 Å². The second-order valence-electron chi connectivity index (χ2n) is 5.76. The van der Waals surface area contributed by atoms with Crippen molar-refractivity contribution >= 4 is 11.3 Å². The summed E-state index contributed by atoms with van der Waals surface area (Å²) in [7, 11) is 0. The van der Waals surface area contributed by atoms with Crippen LogP contribution in [0.4, 0.5) is 0 Å². The topological polar surface area (TPSA) is 34.1 Å². The molecule has 0 unspecified atom stereocenters. The van der Waals surface area contributed by atoms with Gasteiger partial charge in [-0.15, -0.1) is 11.3 Å². The Balaban J connectivity index is 1.97. The molecule has 3 nitrogen and oxygen atoms in total. The second kappa shape index (κ2) is 7.05. The number of rotatable bonds is 6. The van der Waals surface area contributed by atoms with Gasteiger partial charge in [0.25, 0.3) is 0 Å². The summed E-state index contributed by atoms with van der Waals surface area (Å²) in [6, 6.07) is 4.75. The summed E-state index contributed by atoms with van der Waals surface area (Å²) < 4.78 is 5.95. The molecule has 0 radical (unpaired) electrons. The van der Waals surface area contributed by atoms with Crippen LogP contribution in [0.2, 0.25) is 0 Å². The molecule has 2 aromatic rings. The lowest BCUT2D eigenvalue weighted by molar-refractivity contribution is 0.299. The van der Waals surface area contributed by atoms with Gasteiger partial charge in [0.1, 0.15) is 17.4 Å². The Kier molecular flexibility index (Phi) is 5.37. The quantitative estimate of drug-likeness (QED) is 0.870. The summed E-state index contributed by atoms with van der Waals surface area (Å²) in [6.45, 7) is 11.9. The van der Waals surface area contributed by atoms with Gasteiger partial charge < -0.3 is 10.1 Å². The van der Waals surface area contributed by atoms with E-state index in [9.17, 15) is 0 Å². The fourth-order valence-electron chi connectivity index (χ4n) is 2.09. The van der Waals surface area contributed by atoms with Gasteiger partial charge >= 0.3 is 0 Å². The normalized spacial score (nSPS) is 11.1. The Morgan fingerprint density at radius 2 is 2.00 bits per heavy atom. The zero-order chi connectivity index (χ0) is 15.4. The lowest BCUT2D eigenvalue weighted by atomic mass is 10.1. The van der Waals surface area contributed by atoms with Gasteiger partial charge in [-0.05, 0) is 43.5 Å². The number of hydrogen-bond donors (Lipinski definition) is 1. The molecule has 114 valence electrons. The van der Waals surface area contributed by atoms with Crippen molar-refractivity contribution in [1.29, 1.82) is 0 Å². The van der Waals surface area contributed by atoms with Crippen molar-refractivity contribution in [3.8, 4) is 5.75 Å². The Bertz CT molecular complexity index is 605. The van der Waals surface area contributed by atoms with E-state index < -0.39 is 0 Å². The molecule has 1 aromatic carbocycles. The van der Waals surface area contributed by atoms with Crippen LogP contribution in [0.25, 0.3) is 0 Å². The fourth-order valence-corrected chi connectivity index (χ4v) is 2.82. The molecule has 0 saturated heterocycles. The van der Waals surface area contributed by atoms with Gasteiger partial charge in [0.05, 0.1) is 5.69 Å². The standard InChI is InChI=1S/C17H24N2OS/c1-11(2)18-8-17-19-15(10-21-17)9-20-16-7-12(3)6-13(4)14(16)5/h6-7,10-11,18H,8-9H2,1-5H3. The van der Waals surface area contributed by atoms with Gasteiger partial charge in [-0.25, -0.2) is 4.98 Å². The van der Waals surface area contributed by atoms with Crippen molar-refractivity contribution in [2.24, 2.45) is 0 Å². The highest BCUT2D eigenvalue weighted by Crippen LogP contribution is 2.24. The highest BCUT2D eigenvalue weighted by molar-refractivity contribution is 7.09. The van der Waals surface area contributed by atoms with Gasteiger partial charge in [-0.3, -0.25) is 0 Å². The van der Waals surface area contributed by atoms with Gasteiger partial charge in [0.2, 0.25) is 0 Å². The van der Waals surface area contributed by atoms with E-state index in [1.165, 1.54) is 16.7 Å². The molecule has 0 fully saturated rings. The lowest BCUT2D eigenvalue weighted by Crippen LogP contribution is -2.21. The maximum Gasteiger partial charge on any atom is 0.131 e. The third-order valence-electron chi connectivity index (χ3n) is 3.40. The van der Waals surface area contributed by atoms with Crippen LogP contribution >= 0.6 is 11.3 Å². The number of thiazole rings is 1. The van der Waals surface area contributed by atoms with E-state index in [0.29, 0.717) is 12.6 Å². The van der Waals surface area contributed by atoms with Crippen LogP contribution in [0.15, 0.2) is 17.5 Å². The highest BCUT2D eigenvalue weighted by atomic mass is 32.1. The first kappa shape index (κ1) is 16.0. The summed E-state index contributed by atoms with van der Waals surface area (Å²) in [6.07, 6.45) is 0. The average molecular weight is 304 g/mol. The van der Waals surface area contributed by atoms with E-state index >= 15 is 0 Å². The van der Waals surface area contributed by atoms with E-state index in [1.807, 2.05) is 0 Å². The van der Waals surface area contributed by atoms with Crippen molar-refractivity contribution in [3.63, 3.8) is 0 Å². The minimum atomic E-state index is 0.478. The van der Waals surface area contributed by atoms with Crippen LogP contribution < -0.4 is 10.1 Å². The van der Waals surface area contributed by atoms with Crippen LogP contribution in [-0.2, 0) is 13.2 Å². The van der Waals surface area contributed by atoms with Gasteiger partial charge in [0.15, 0.2) is 0 Å². The molecule has 0 amide bonds. The zero-order valence-corrected chi connectivity index (χ0v) is 14.3. The summed E-state index contributed by atoms with van der Waals surface area (Å²) in [5, 5.41) is 6.57. The number of ether oxygens (including phenoxy) is 1. The maximum atomic E-state index is 5.95.